The van der Waals surface area contributed by atoms with Gasteiger partial charge in [0.15, 0.2) is 9.84 Å². The molecule has 2 aromatic heterocycles. The predicted octanol–water partition coefficient (Wildman–Crippen LogP) is 0.730. The maximum atomic E-state index is 13.7. The van der Waals surface area contributed by atoms with Crippen LogP contribution in [0.2, 0.25) is 0 Å². The molecule has 9 nitrogen and oxygen atoms in total. The summed E-state index contributed by atoms with van der Waals surface area (Å²) >= 11 is 0. The van der Waals surface area contributed by atoms with Crippen LogP contribution in [0.25, 0.3) is 11.0 Å². The van der Waals surface area contributed by atoms with Gasteiger partial charge < -0.3 is 5.32 Å². The quantitative estimate of drug-likeness (QED) is 0.684. The van der Waals surface area contributed by atoms with E-state index in [0.29, 0.717) is 17.5 Å². The van der Waals surface area contributed by atoms with Crippen LogP contribution in [0.4, 0.5) is 10.1 Å². The monoisotopic (exact) mass is 405 g/mol. The fraction of sp³-hybridized carbons (Fsp3) is 0.294. The molecule has 3 aromatic rings. The molecule has 4 rings (SSSR count). The molecular weight excluding hydrogens is 389 g/mol. The van der Waals surface area contributed by atoms with Crippen LogP contribution in [0.5, 0.6) is 0 Å². The minimum absolute atomic E-state index is 0.00698. The Balaban J connectivity index is 1.64. The number of sulfone groups is 1. The number of fused-ring (bicyclic) bond motifs is 1. The van der Waals surface area contributed by atoms with Gasteiger partial charge in [0.05, 0.1) is 41.1 Å². The molecule has 1 atom stereocenters. The average Bonchev–Trinajstić information content (AvgIpc) is 3.22. The number of amides is 1. The van der Waals surface area contributed by atoms with Gasteiger partial charge in [0, 0.05) is 0 Å². The second-order valence-corrected chi connectivity index (χ2v) is 8.80. The molecule has 0 saturated carbocycles. The van der Waals surface area contributed by atoms with Gasteiger partial charge in [-0.2, -0.15) is 10.1 Å². The van der Waals surface area contributed by atoms with E-state index in [1.807, 2.05) is 0 Å². The summed E-state index contributed by atoms with van der Waals surface area (Å²) in [6, 6.07) is 5.35. The molecule has 1 amide bonds. The van der Waals surface area contributed by atoms with Gasteiger partial charge in [-0.25, -0.2) is 17.6 Å². The van der Waals surface area contributed by atoms with Gasteiger partial charge in [-0.05, 0) is 18.6 Å². The molecule has 1 fully saturated rings. The van der Waals surface area contributed by atoms with E-state index < -0.39 is 27.3 Å². The number of rotatable bonds is 4. The van der Waals surface area contributed by atoms with Gasteiger partial charge >= 0.3 is 5.69 Å². The number of para-hydroxylation sites is 1. The van der Waals surface area contributed by atoms with Crippen molar-refractivity contribution in [2.45, 2.75) is 19.0 Å². The molecule has 0 radical (unpaired) electrons. The number of hydrogen-bond acceptors (Lipinski definition) is 6. The molecule has 0 unspecified atom stereocenters. The molecule has 1 aromatic carbocycles. The first-order chi connectivity index (χ1) is 13.3. The van der Waals surface area contributed by atoms with Gasteiger partial charge in [-0.1, -0.05) is 12.1 Å². The van der Waals surface area contributed by atoms with Crippen LogP contribution in [-0.2, 0) is 21.2 Å². The number of anilines is 1. The van der Waals surface area contributed by atoms with Gasteiger partial charge in [0.25, 0.3) is 0 Å². The topological polar surface area (TPSA) is 116 Å². The Labute approximate surface area is 158 Å². The molecular formula is C17H16FN5O4S. The van der Waals surface area contributed by atoms with E-state index in [1.54, 1.807) is 6.07 Å². The fourth-order valence-electron chi connectivity index (χ4n) is 3.29. The first kappa shape index (κ1) is 18.3. The fourth-order valence-corrected chi connectivity index (χ4v) is 4.98. The van der Waals surface area contributed by atoms with Gasteiger partial charge in [0.2, 0.25) is 5.91 Å². The normalized spacial score (nSPS) is 18.4. The van der Waals surface area contributed by atoms with E-state index in [1.165, 1.54) is 35.3 Å². The van der Waals surface area contributed by atoms with Crippen LogP contribution in [0.15, 0.2) is 41.5 Å². The Morgan fingerprint density at radius 3 is 2.75 bits per heavy atom. The second kappa shape index (κ2) is 6.82. The summed E-state index contributed by atoms with van der Waals surface area (Å²) in [5, 5.41) is 6.63. The third-order valence-electron chi connectivity index (χ3n) is 4.64. The third kappa shape index (κ3) is 3.40. The Morgan fingerprint density at radius 1 is 1.25 bits per heavy atom. The van der Waals surface area contributed by atoms with Crippen molar-refractivity contribution in [2.24, 2.45) is 0 Å². The van der Waals surface area contributed by atoms with Gasteiger partial charge in [-0.3, -0.25) is 14.0 Å². The molecule has 28 heavy (non-hydrogen) atoms. The van der Waals surface area contributed by atoms with Crippen LogP contribution in [0.1, 0.15) is 12.5 Å². The SMILES string of the molecule is O=C(Cn1c(=O)ncc2c1cnn2[C@H]1CCS(=O)(=O)C1)Nc1ccccc1F. The number of hydrogen-bond donors (Lipinski definition) is 1. The molecule has 3 heterocycles. The maximum absolute atomic E-state index is 13.7. The van der Waals surface area contributed by atoms with Crippen LogP contribution >= 0.6 is 0 Å². The minimum atomic E-state index is -3.12. The van der Waals surface area contributed by atoms with Crippen LogP contribution < -0.4 is 11.0 Å². The van der Waals surface area contributed by atoms with Crippen molar-refractivity contribution < 1.29 is 17.6 Å². The van der Waals surface area contributed by atoms with Crippen molar-refractivity contribution in [3.63, 3.8) is 0 Å². The summed E-state index contributed by atoms with van der Waals surface area (Å²) in [6.07, 6.45) is 3.15. The van der Waals surface area contributed by atoms with Crippen molar-refractivity contribution in [3.8, 4) is 0 Å². The van der Waals surface area contributed by atoms with Crippen LogP contribution in [-0.4, -0.2) is 45.2 Å². The zero-order chi connectivity index (χ0) is 19.9. The summed E-state index contributed by atoms with van der Waals surface area (Å²) in [6.45, 7) is -0.383. The summed E-state index contributed by atoms with van der Waals surface area (Å²) in [5.74, 6) is -1.14. The molecule has 1 aliphatic heterocycles. The van der Waals surface area contributed by atoms with E-state index in [-0.39, 0.29) is 29.8 Å². The van der Waals surface area contributed by atoms with E-state index >= 15 is 0 Å². The summed E-state index contributed by atoms with van der Waals surface area (Å²) in [4.78, 5) is 28.3. The van der Waals surface area contributed by atoms with E-state index in [4.69, 9.17) is 0 Å². The first-order valence-electron chi connectivity index (χ1n) is 8.52. The highest BCUT2D eigenvalue weighted by atomic mass is 32.2. The largest absolute Gasteiger partial charge is 0.348 e. The molecule has 146 valence electrons. The molecule has 1 saturated heterocycles. The van der Waals surface area contributed by atoms with Gasteiger partial charge in [0.1, 0.15) is 17.9 Å². The molecule has 1 aliphatic rings. The molecule has 0 aliphatic carbocycles. The lowest BCUT2D eigenvalue weighted by atomic mass is 10.2. The maximum Gasteiger partial charge on any atom is 0.348 e. The summed E-state index contributed by atoms with van der Waals surface area (Å²) < 4.78 is 39.8. The molecule has 0 bridgehead atoms. The van der Waals surface area contributed by atoms with Crippen molar-refractivity contribution in [2.75, 3.05) is 16.8 Å². The van der Waals surface area contributed by atoms with E-state index in [2.05, 4.69) is 15.4 Å². The number of carbonyl (C=O) groups excluding carboxylic acids is 1. The standard InChI is InChI=1S/C17H16FN5O4S/c18-12-3-1-2-4-13(12)21-16(24)9-22-14-8-20-23(15(14)7-19-17(22)25)11-5-6-28(26,27)10-11/h1-4,7-8,11H,5-6,9-10H2,(H,21,24)/t11-/m0/s1. The van der Waals surface area contributed by atoms with Crippen molar-refractivity contribution in [3.05, 3.63) is 53.0 Å². The molecule has 1 N–H and O–H groups in total. The number of carbonyl (C=O) groups is 1. The van der Waals surface area contributed by atoms with Crippen molar-refractivity contribution >= 4 is 32.5 Å². The second-order valence-electron chi connectivity index (χ2n) is 6.57. The Kier molecular flexibility index (Phi) is 4.46. The Bertz CT molecular complexity index is 1230. The lowest BCUT2D eigenvalue weighted by Crippen LogP contribution is -2.29. The Morgan fingerprint density at radius 2 is 2.04 bits per heavy atom. The van der Waals surface area contributed by atoms with E-state index in [9.17, 15) is 22.4 Å². The van der Waals surface area contributed by atoms with Gasteiger partial charge in [-0.15, -0.1) is 0 Å². The molecule has 11 heteroatoms. The lowest BCUT2D eigenvalue weighted by molar-refractivity contribution is -0.116. The smallest absolute Gasteiger partial charge is 0.322 e. The Hall–Kier alpha value is -3.08. The minimum Gasteiger partial charge on any atom is -0.322 e. The van der Waals surface area contributed by atoms with Crippen LogP contribution in [0, 0.1) is 5.82 Å². The third-order valence-corrected chi connectivity index (χ3v) is 6.39. The number of nitrogens with one attached hydrogen (secondary N) is 1. The average molecular weight is 405 g/mol. The first-order valence-corrected chi connectivity index (χ1v) is 10.3. The number of halogens is 1. The highest BCUT2D eigenvalue weighted by Crippen LogP contribution is 2.26. The summed E-state index contributed by atoms with van der Waals surface area (Å²) in [7, 11) is -3.12. The van der Waals surface area contributed by atoms with E-state index in [0.717, 1.165) is 4.57 Å². The zero-order valence-corrected chi connectivity index (χ0v) is 15.4. The van der Waals surface area contributed by atoms with Crippen molar-refractivity contribution in [1.82, 2.24) is 19.3 Å². The summed E-state index contributed by atoms with van der Waals surface area (Å²) in [5.41, 5.74) is 0.163. The molecule has 0 spiro atoms. The highest BCUT2D eigenvalue weighted by Gasteiger charge is 2.31. The number of nitrogens with zero attached hydrogens (tertiary/aromatic N) is 4. The van der Waals surface area contributed by atoms with Crippen molar-refractivity contribution in [1.29, 1.82) is 0 Å². The zero-order valence-electron chi connectivity index (χ0n) is 14.6. The highest BCUT2D eigenvalue weighted by molar-refractivity contribution is 7.91. The number of aromatic nitrogens is 4. The number of benzene rings is 1. The predicted molar refractivity (Wildman–Crippen MR) is 99.1 cm³/mol. The lowest BCUT2D eigenvalue weighted by Gasteiger charge is -2.11. The van der Waals surface area contributed by atoms with Crippen LogP contribution in [0.3, 0.4) is 0 Å².